The van der Waals surface area contributed by atoms with E-state index >= 15 is 0 Å². The van der Waals surface area contributed by atoms with E-state index in [2.05, 4.69) is 4.99 Å². The number of aliphatic hydroxyl groups is 1. The zero-order valence-electron chi connectivity index (χ0n) is 7.40. The van der Waals surface area contributed by atoms with Gasteiger partial charge in [0.2, 0.25) is 6.08 Å². The molecule has 0 saturated carbocycles. The van der Waals surface area contributed by atoms with Gasteiger partial charge in [-0.15, -0.1) is 0 Å². The summed E-state index contributed by atoms with van der Waals surface area (Å²) in [6, 6.07) is 7.34. The normalized spacial score (nSPS) is 11.8. The third-order valence-corrected chi connectivity index (χ3v) is 1.76. The number of hydrogen-bond donors (Lipinski definition) is 1. The Labute approximate surface area is 76.7 Å². The average molecular weight is 177 g/mol. The molecular weight excluding hydrogens is 166 g/mol. The van der Waals surface area contributed by atoms with E-state index in [4.69, 9.17) is 0 Å². The molecule has 68 valence electrons. The van der Waals surface area contributed by atoms with E-state index in [1.165, 1.54) is 6.08 Å². The molecule has 1 aromatic rings. The standard InChI is InChI=1S/C10H11NO2/c1-8(13)10-4-2-3-9(5-10)6-11-7-12/h2-5,8,13H,6H2,1H3. The fourth-order valence-corrected chi connectivity index (χ4v) is 1.07. The molecule has 13 heavy (non-hydrogen) atoms. The summed E-state index contributed by atoms with van der Waals surface area (Å²) in [5, 5.41) is 9.27. The summed E-state index contributed by atoms with van der Waals surface area (Å²) < 4.78 is 0. The Balaban J connectivity index is 2.85. The van der Waals surface area contributed by atoms with Crippen molar-refractivity contribution in [3.63, 3.8) is 0 Å². The molecule has 1 atom stereocenters. The maximum atomic E-state index is 9.86. The van der Waals surface area contributed by atoms with Crippen LogP contribution >= 0.6 is 0 Å². The first-order valence-corrected chi connectivity index (χ1v) is 4.04. The van der Waals surface area contributed by atoms with Crippen molar-refractivity contribution in [2.75, 3.05) is 0 Å². The molecule has 0 spiro atoms. The first kappa shape index (κ1) is 9.65. The smallest absolute Gasteiger partial charge is 0.235 e. The van der Waals surface area contributed by atoms with Gasteiger partial charge in [-0.05, 0) is 18.1 Å². The molecular formula is C10H11NO2. The number of aliphatic hydroxyl groups excluding tert-OH is 1. The molecule has 0 saturated heterocycles. The van der Waals surface area contributed by atoms with Crippen molar-refractivity contribution in [1.29, 1.82) is 0 Å². The Kier molecular flexibility index (Phi) is 3.38. The number of isocyanates is 1. The highest BCUT2D eigenvalue weighted by molar-refractivity contribution is 5.34. The van der Waals surface area contributed by atoms with Gasteiger partial charge < -0.3 is 5.11 Å². The fraction of sp³-hybridized carbons (Fsp3) is 0.300. The quantitative estimate of drug-likeness (QED) is 0.562. The lowest BCUT2D eigenvalue weighted by Gasteiger charge is -2.05. The SMILES string of the molecule is CC(O)c1cccc(CN=C=O)c1. The van der Waals surface area contributed by atoms with Gasteiger partial charge in [-0.3, -0.25) is 0 Å². The summed E-state index contributed by atoms with van der Waals surface area (Å²) in [7, 11) is 0. The average Bonchev–Trinajstić information content (AvgIpc) is 2.15. The molecule has 0 aliphatic rings. The van der Waals surface area contributed by atoms with E-state index in [0.717, 1.165) is 11.1 Å². The van der Waals surface area contributed by atoms with Crippen LogP contribution in [0, 0.1) is 0 Å². The number of nitrogens with zero attached hydrogens (tertiary/aromatic N) is 1. The number of rotatable bonds is 3. The van der Waals surface area contributed by atoms with Gasteiger partial charge in [-0.2, -0.15) is 0 Å². The van der Waals surface area contributed by atoms with Crippen LogP contribution in [0.2, 0.25) is 0 Å². The van der Waals surface area contributed by atoms with Crippen molar-refractivity contribution < 1.29 is 9.90 Å². The molecule has 1 N–H and O–H groups in total. The lowest BCUT2D eigenvalue weighted by Crippen LogP contribution is -1.92. The summed E-state index contributed by atoms with van der Waals surface area (Å²) in [4.78, 5) is 13.3. The number of carbonyl (C=O) groups excluding carboxylic acids is 1. The number of benzene rings is 1. The summed E-state index contributed by atoms with van der Waals surface area (Å²) in [5.74, 6) is 0. The second-order valence-electron chi connectivity index (χ2n) is 2.83. The van der Waals surface area contributed by atoms with Crippen molar-refractivity contribution in [2.45, 2.75) is 19.6 Å². The van der Waals surface area contributed by atoms with Crippen molar-refractivity contribution in [2.24, 2.45) is 4.99 Å². The first-order chi connectivity index (χ1) is 6.24. The molecule has 0 aromatic heterocycles. The van der Waals surface area contributed by atoms with Crippen LogP contribution in [0.1, 0.15) is 24.2 Å². The second-order valence-corrected chi connectivity index (χ2v) is 2.83. The third kappa shape index (κ3) is 2.82. The number of hydrogen-bond acceptors (Lipinski definition) is 3. The molecule has 3 heteroatoms. The van der Waals surface area contributed by atoms with Crippen LogP contribution in [-0.2, 0) is 11.3 Å². The molecule has 0 fully saturated rings. The fourth-order valence-electron chi connectivity index (χ4n) is 1.07. The largest absolute Gasteiger partial charge is 0.389 e. The Hall–Kier alpha value is -1.44. The molecule has 0 heterocycles. The van der Waals surface area contributed by atoms with Crippen molar-refractivity contribution in [3.05, 3.63) is 35.4 Å². The van der Waals surface area contributed by atoms with Gasteiger partial charge >= 0.3 is 0 Å². The summed E-state index contributed by atoms with van der Waals surface area (Å²) in [6.07, 6.45) is 0.991. The van der Waals surface area contributed by atoms with Crippen LogP contribution in [-0.4, -0.2) is 11.2 Å². The molecule has 1 aromatic carbocycles. The topological polar surface area (TPSA) is 49.7 Å². The Morgan fingerprint density at radius 1 is 1.62 bits per heavy atom. The maximum absolute atomic E-state index is 9.86. The van der Waals surface area contributed by atoms with Gasteiger partial charge in [0.15, 0.2) is 0 Å². The Morgan fingerprint density at radius 2 is 2.38 bits per heavy atom. The van der Waals surface area contributed by atoms with Crippen LogP contribution in [0.15, 0.2) is 29.3 Å². The van der Waals surface area contributed by atoms with Gasteiger partial charge in [-0.1, -0.05) is 24.3 Å². The molecule has 0 radical (unpaired) electrons. The van der Waals surface area contributed by atoms with Gasteiger partial charge in [0.1, 0.15) is 0 Å². The van der Waals surface area contributed by atoms with E-state index < -0.39 is 6.10 Å². The van der Waals surface area contributed by atoms with Gasteiger partial charge in [0, 0.05) is 0 Å². The highest BCUT2D eigenvalue weighted by atomic mass is 16.3. The minimum absolute atomic E-state index is 0.323. The molecule has 0 bridgehead atoms. The van der Waals surface area contributed by atoms with Crippen molar-refractivity contribution in [3.8, 4) is 0 Å². The van der Waals surface area contributed by atoms with E-state index in [1.54, 1.807) is 6.92 Å². The van der Waals surface area contributed by atoms with Crippen LogP contribution in [0.3, 0.4) is 0 Å². The van der Waals surface area contributed by atoms with E-state index in [1.807, 2.05) is 24.3 Å². The predicted molar refractivity (Wildman–Crippen MR) is 48.9 cm³/mol. The molecule has 3 nitrogen and oxygen atoms in total. The maximum Gasteiger partial charge on any atom is 0.235 e. The van der Waals surface area contributed by atoms with E-state index in [9.17, 15) is 9.90 Å². The number of aliphatic imine (C=N–C) groups is 1. The predicted octanol–water partition coefficient (Wildman–Crippen LogP) is 1.58. The van der Waals surface area contributed by atoms with Crippen LogP contribution in [0.25, 0.3) is 0 Å². The van der Waals surface area contributed by atoms with E-state index in [-0.39, 0.29) is 0 Å². The van der Waals surface area contributed by atoms with Gasteiger partial charge in [-0.25, -0.2) is 9.79 Å². The molecule has 0 aliphatic heterocycles. The zero-order chi connectivity index (χ0) is 9.68. The summed E-state index contributed by atoms with van der Waals surface area (Å²) in [5.41, 5.74) is 1.74. The zero-order valence-corrected chi connectivity index (χ0v) is 7.40. The highest BCUT2D eigenvalue weighted by Gasteiger charge is 2.00. The summed E-state index contributed by atoms with van der Waals surface area (Å²) >= 11 is 0. The lowest BCUT2D eigenvalue weighted by atomic mass is 10.1. The minimum atomic E-state index is -0.486. The van der Waals surface area contributed by atoms with Crippen LogP contribution in [0.5, 0.6) is 0 Å². The first-order valence-electron chi connectivity index (χ1n) is 4.04. The van der Waals surface area contributed by atoms with Gasteiger partial charge in [0.25, 0.3) is 0 Å². The third-order valence-electron chi connectivity index (χ3n) is 1.76. The van der Waals surface area contributed by atoms with Crippen molar-refractivity contribution >= 4 is 6.08 Å². The Morgan fingerprint density at radius 3 is 3.00 bits per heavy atom. The molecule has 0 amide bonds. The van der Waals surface area contributed by atoms with Crippen LogP contribution in [0.4, 0.5) is 0 Å². The molecule has 0 aliphatic carbocycles. The van der Waals surface area contributed by atoms with Crippen molar-refractivity contribution in [1.82, 2.24) is 0 Å². The second kappa shape index (κ2) is 4.55. The highest BCUT2D eigenvalue weighted by Crippen LogP contribution is 2.13. The van der Waals surface area contributed by atoms with Gasteiger partial charge in [0.05, 0.1) is 12.6 Å². The monoisotopic (exact) mass is 177 g/mol. The molecule has 1 unspecified atom stereocenters. The molecule has 1 rings (SSSR count). The van der Waals surface area contributed by atoms with Crippen LogP contribution < -0.4 is 0 Å². The van der Waals surface area contributed by atoms with E-state index in [0.29, 0.717) is 6.54 Å². The lowest BCUT2D eigenvalue weighted by molar-refractivity contribution is 0.199. The Bertz CT molecular complexity index is 327. The minimum Gasteiger partial charge on any atom is -0.389 e. The summed E-state index contributed by atoms with van der Waals surface area (Å²) in [6.45, 7) is 2.02.